The third-order valence-electron chi connectivity index (χ3n) is 4.04. The number of hydrogen-bond acceptors (Lipinski definition) is 5. The molecule has 24 heavy (non-hydrogen) atoms. The monoisotopic (exact) mass is 365 g/mol. The number of halogens is 1. The summed E-state index contributed by atoms with van der Waals surface area (Å²) >= 11 is 7.82. The molecule has 2 aromatic rings. The number of thiophene rings is 1. The van der Waals surface area contributed by atoms with Gasteiger partial charge >= 0.3 is 7.69 Å². The molecule has 1 aliphatic rings. The van der Waals surface area contributed by atoms with Crippen molar-refractivity contribution in [2.24, 2.45) is 0 Å². The molecule has 0 unspecified atom stereocenters. The Hall–Kier alpha value is -1.54. The second kappa shape index (κ2) is 7.57. The smallest absolute Gasteiger partial charge is 0.504 e. The minimum atomic E-state index is -0.373. The van der Waals surface area contributed by atoms with Crippen LogP contribution in [0.15, 0.2) is 29.6 Å². The molecule has 0 atom stereocenters. The highest BCUT2D eigenvalue weighted by Gasteiger charge is 2.23. The molecule has 1 aliphatic heterocycles. The van der Waals surface area contributed by atoms with E-state index in [1.54, 1.807) is 28.5 Å². The van der Waals surface area contributed by atoms with Crippen LogP contribution in [-0.4, -0.2) is 47.8 Å². The van der Waals surface area contributed by atoms with Gasteiger partial charge in [-0.05, 0) is 31.0 Å². The lowest BCUT2D eigenvalue weighted by Crippen LogP contribution is -2.40. The summed E-state index contributed by atoms with van der Waals surface area (Å²) in [6, 6.07) is 7.07. The summed E-state index contributed by atoms with van der Waals surface area (Å²) in [6.45, 7) is 1.12. The molecule has 1 aromatic carbocycles. The standard InChI is InChI=1S/C16H17BClNO4S/c18-14-7-10(16(21)19-5-3-11(20)4-6-19)1-2-13(14)15-8-12(9-24-15)23-17-22/h1-2,7-9,11,17,20,22H,3-6H2. The van der Waals surface area contributed by atoms with Gasteiger partial charge in [-0.25, -0.2) is 0 Å². The molecule has 0 bridgehead atoms. The van der Waals surface area contributed by atoms with Gasteiger partial charge in [-0.3, -0.25) is 4.79 Å². The molecule has 126 valence electrons. The lowest BCUT2D eigenvalue weighted by Gasteiger charge is -2.29. The van der Waals surface area contributed by atoms with E-state index >= 15 is 0 Å². The number of aliphatic hydroxyl groups excluding tert-OH is 1. The normalized spacial score (nSPS) is 15.4. The topological polar surface area (TPSA) is 70.0 Å². The van der Waals surface area contributed by atoms with Crippen molar-refractivity contribution in [1.82, 2.24) is 4.90 Å². The molecule has 3 rings (SSSR count). The van der Waals surface area contributed by atoms with Gasteiger partial charge in [0.15, 0.2) is 0 Å². The number of benzene rings is 1. The molecule has 8 heteroatoms. The van der Waals surface area contributed by atoms with E-state index in [0.29, 0.717) is 42.3 Å². The molecule has 1 amide bonds. The fourth-order valence-corrected chi connectivity index (χ4v) is 3.92. The SMILES string of the molecule is O=C(c1ccc(-c2cc(OBO)cs2)c(Cl)c1)N1CCC(O)CC1. The molecule has 0 radical (unpaired) electrons. The number of nitrogens with zero attached hydrogens (tertiary/aromatic N) is 1. The minimum absolute atomic E-state index is 0.0640. The van der Waals surface area contributed by atoms with Crippen LogP contribution < -0.4 is 4.65 Å². The van der Waals surface area contributed by atoms with E-state index in [-0.39, 0.29) is 19.7 Å². The minimum Gasteiger partial charge on any atom is -0.538 e. The van der Waals surface area contributed by atoms with Crippen molar-refractivity contribution < 1.29 is 19.6 Å². The first-order valence-electron chi connectivity index (χ1n) is 7.68. The molecule has 0 aliphatic carbocycles. The van der Waals surface area contributed by atoms with Crippen molar-refractivity contribution in [2.75, 3.05) is 13.1 Å². The first-order chi connectivity index (χ1) is 11.6. The molecule has 0 saturated carbocycles. The summed E-state index contributed by atoms with van der Waals surface area (Å²) in [6.07, 6.45) is 0.912. The second-order valence-corrected chi connectivity index (χ2v) is 6.96. The van der Waals surface area contributed by atoms with E-state index in [0.717, 1.165) is 10.4 Å². The van der Waals surface area contributed by atoms with Crippen LogP contribution in [0.5, 0.6) is 5.75 Å². The second-order valence-electron chi connectivity index (χ2n) is 5.64. The fourth-order valence-electron chi connectivity index (χ4n) is 2.71. The van der Waals surface area contributed by atoms with Crippen LogP contribution in [0.2, 0.25) is 5.02 Å². The molecule has 0 spiro atoms. The fraction of sp³-hybridized carbons (Fsp3) is 0.312. The van der Waals surface area contributed by atoms with Gasteiger partial charge in [-0.2, -0.15) is 0 Å². The van der Waals surface area contributed by atoms with Crippen LogP contribution in [0, 0.1) is 0 Å². The molecular weight excluding hydrogens is 349 g/mol. The van der Waals surface area contributed by atoms with E-state index in [1.807, 2.05) is 6.07 Å². The van der Waals surface area contributed by atoms with Crippen molar-refractivity contribution >= 4 is 36.5 Å². The quantitative estimate of drug-likeness (QED) is 0.816. The van der Waals surface area contributed by atoms with Crippen LogP contribution >= 0.6 is 22.9 Å². The number of likely N-dealkylation sites (tertiary alicyclic amines) is 1. The molecule has 5 nitrogen and oxygen atoms in total. The lowest BCUT2D eigenvalue weighted by molar-refractivity contribution is 0.0546. The molecule has 1 aromatic heterocycles. The molecule has 2 N–H and O–H groups in total. The van der Waals surface area contributed by atoms with Crippen molar-refractivity contribution in [3.05, 3.63) is 40.2 Å². The number of piperidine rings is 1. The summed E-state index contributed by atoms with van der Waals surface area (Å²) in [5, 5.41) is 20.6. The predicted molar refractivity (Wildman–Crippen MR) is 95.9 cm³/mol. The third-order valence-corrected chi connectivity index (χ3v) is 5.29. The number of rotatable bonds is 4. The Morgan fingerprint density at radius 2 is 2.08 bits per heavy atom. The maximum Gasteiger partial charge on any atom is 0.504 e. The maximum absolute atomic E-state index is 12.5. The van der Waals surface area contributed by atoms with Crippen molar-refractivity contribution in [1.29, 1.82) is 0 Å². The Balaban J connectivity index is 1.77. The highest BCUT2D eigenvalue weighted by atomic mass is 35.5. The van der Waals surface area contributed by atoms with E-state index in [1.165, 1.54) is 11.3 Å². The summed E-state index contributed by atoms with van der Waals surface area (Å²) in [7, 11) is -0.373. The van der Waals surface area contributed by atoms with Gasteiger partial charge in [0.05, 0.1) is 11.1 Å². The average molecular weight is 366 g/mol. The van der Waals surface area contributed by atoms with E-state index in [2.05, 4.69) is 0 Å². The average Bonchev–Trinajstić information content (AvgIpc) is 3.03. The van der Waals surface area contributed by atoms with Crippen molar-refractivity contribution in [2.45, 2.75) is 18.9 Å². The zero-order valence-electron chi connectivity index (χ0n) is 12.9. The molecule has 1 fully saturated rings. The Kier molecular flexibility index (Phi) is 5.45. The predicted octanol–water partition coefficient (Wildman–Crippen LogP) is 2.30. The largest absolute Gasteiger partial charge is 0.538 e. The van der Waals surface area contributed by atoms with E-state index in [9.17, 15) is 9.90 Å². The Bertz CT molecular complexity index is 731. The summed E-state index contributed by atoms with van der Waals surface area (Å²) in [5.41, 5.74) is 1.36. The van der Waals surface area contributed by atoms with Crippen LogP contribution in [0.3, 0.4) is 0 Å². The summed E-state index contributed by atoms with van der Waals surface area (Å²) in [4.78, 5) is 15.2. The Labute approximate surface area is 149 Å². The number of carbonyl (C=O) groups is 1. The zero-order valence-corrected chi connectivity index (χ0v) is 14.5. The van der Waals surface area contributed by atoms with Gasteiger partial charge in [0.2, 0.25) is 0 Å². The first-order valence-corrected chi connectivity index (χ1v) is 8.93. The van der Waals surface area contributed by atoms with Crippen LogP contribution in [0.4, 0.5) is 0 Å². The van der Waals surface area contributed by atoms with Gasteiger partial charge in [-0.1, -0.05) is 17.7 Å². The number of amides is 1. The third kappa shape index (κ3) is 3.75. The van der Waals surface area contributed by atoms with Crippen LogP contribution in [0.25, 0.3) is 10.4 Å². The van der Waals surface area contributed by atoms with Crippen LogP contribution in [-0.2, 0) is 0 Å². The highest BCUT2D eigenvalue weighted by Crippen LogP contribution is 2.36. The number of hydrogen-bond donors (Lipinski definition) is 2. The van der Waals surface area contributed by atoms with Crippen molar-refractivity contribution in [3.8, 4) is 16.2 Å². The number of aliphatic hydroxyl groups is 1. The lowest BCUT2D eigenvalue weighted by atomic mass is 10.1. The highest BCUT2D eigenvalue weighted by molar-refractivity contribution is 7.14. The van der Waals surface area contributed by atoms with Gasteiger partial charge in [0, 0.05) is 34.5 Å². The van der Waals surface area contributed by atoms with E-state index < -0.39 is 0 Å². The molecule has 2 heterocycles. The summed E-state index contributed by atoms with van der Waals surface area (Å²) < 4.78 is 5.04. The van der Waals surface area contributed by atoms with Crippen LogP contribution in [0.1, 0.15) is 23.2 Å². The Morgan fingerprint density at radius 1 is 1.33 bits per heavy atom. The van der Waals surface area contributed by atoms with E-state index in [4.69, 9.17) is 21.3 Å². The molecular formula is C16H17BClNO4S. The van der Waals surface area contributed by atoms with Gasteiger partial charge in [-0.15, -0.1) is 11.3 Å². The first kappa shape index (κ1) is 17.3. The summed E-state index contributed by atoms with van der Waals surface area (Å²) in [5.74, 6) is 0.520. The van der Waals surface area contributed by atoms with Gasteiger partial charge in [0.1, 0.15) is 5.75 Å². The zero-order chi connectivity index (χ0) is 17.1. The van der Waals surface area contributed by atoms with Crippen molar-refractivity contribution in [3.63, 3.8) is 0 Å². The molecule has 1 saturated heterocycles. The van der Waals surface area contributed by atoms with Gasteiger partial charge in [0.25, 0.3) is 5.91 Å². The Morgan fingerprint density at radius 3 is 2.75 bits per heavy atom. The van der Waals surface area contributed by atoms with Gasteiger partial charge < -0.3 is 19.7 Å². The number of carbonyl (C=O) groups excluding carboxylic acids is 1. The maximum atomic E-state index is 12.5.